The molecule has 0 saturated heterocycles. The van der Waals surface area contributed by atoms with Crippen molar-refractivity contribution >= 4 is 5.97 Å². The number of carbonyl (C=O) groups is 1. The molecule has 0 spiro atoms. The van der Waals surface area contributed by atoms with E-state index in [1.165, 1.54) is 44.9 Å². The van der Waals surface area contributed by atoms with Gasteiger partial charge < -0.3 is 9.84 Å². The number of carbonyl (C=O) groups excluding carboxylic acids is 1. The standard InChI is InChI=1S/C35H54O3/c1-6-35(37)21-20-34(5)26(22-35)13-14-30-29-16-15-27(28(29)17-18-31(30)34)24(4)12-19-32(23(2)3)38-33(36)25-10-8-7-9-11-25/h7-11,23-24,26-32,37H,6,12-22H2,1-5H3/t24-,26+,27-,28-,29-,30+,31+,32+,34+,35+/m1/s1. The summed E-state index contributed by atoms with van der Waals surface area (Å²) in [5.41, 5.74) is 0.708. The number of aliphatic hydroxyl groups is 1. The molecule has 5 rings (SSSR count). The summed E-state index contributed by atoms with van der Waals surface area (Å²) in [4.78, 5) is 12.7. The molecule has 0 radical (unpaired) electrons. The van der Waals surface area contributed by atoms with Crippen molar-refractivity contribution in [1.82, 2.24) is 0 Å². The van der Waals surface area contributed by atoms with Crippen LogP contribution in [0.4, 0.5) is 0 Å². The van der Waals surface area contributed by atoms with Gasteiger partial charge in [0.1, 0.15) is 6.10 Å². The third kappa shape index (κ3) is 5.35. The molecule has 0 aromatic heterocycles. The highest BCUT2D eigenvalue weighted by Gasteiger charge is 2.58. The largest absolute Gasteiger partial charge is 0.459 e. The maximum atomic E-state index is 12.7. The van der Waals surface area contributed by atoms with Crippen LogP contribution in [0.3, 0.4) is 0 Å². The number of fused-ring (bicyclic) bond motifs is 5. The summed E-state index contributed by atoms with van der Waals surface area (Å²) in [7, 11) is 0. The Morgan fingerprint density at radius 3 is 2.37 bits per heavy atom. The van der Waals surface area contributed by atoms with Crippen molar-refractivity contribution in [2.75, 3.05) is 0 Å². The molecular formula is C35H54O3. The van der Waals surface area contributed by atoms with Crippen LogP contribution in [-0.4, -0.2) is 22.8 Å². The molecule has 1 N–H and O–H groups in total. The summed E-state index contributed by atoms with van der Waals surface area (Å²) in [5.74, 6) is 6.01. The highest BCUT2D eigenvalue weighted by atomic mass is 16.5. The second-order valence-electron chi connectivity index (χ2n) is 14.6. The summed E-state index contributed by atoms with van der Waals surface area (Å²) in [6, 6.07) is 9.44. The SMILES string of the molecule is CC[C@]1(O)CC[C@@]2(C)[C@@H](CC[C@H]3[C@@H]4CC[C@H]([C@H](C)CC[C@H](OC(=O)c5ccccc5)C(C)C)[C@H]4CC[C@@H]32)C1. The predicted octanol–water partition coefficient (Wildman–Crippen LogP) is 8.69. The molecule has 1 aromatic carbocycles. The van der Waals surface area contributed by atoms with Crippen molar-refractivity contribution < 1.29 is 14.6 Å². The fourth-order valence-corrected chi connectivity index (χ4v) is 10.00. The second kappa shape index (κ2) is 11.3. The van der Waals surface area contributed by atoms with Crippen LogP contribution in [0, 0.1) is 52.8 Å². The minimum atomic E-state index is -0.397. The van der Waals surface area contributed by atoms with Gasteiger partial charge in [-0.05, 0) is 142 Å². The fraction of sp³-hybridized carbons (Fsp3) is 0.800. The Labute approximate surface area is 232 Å². The van der Waals surface area contributed by atoms with Gasteiger partial charge in [0.2, 0.25) is 0 Å². The number of esters is 1. The molecule has 212 valence electrons. The number of hydrogen-bond acceptors (Lipinski definition) is 3. The highest BCUT2D eigenvalue weighted by Crippen LogP contribution is 2.65. The Morgan fingerprint density at radius 2 is 1.66 bits per heavy atom. The van der Waals surface area contributed by atoms with Gasteiger partial charge in [-0.1, -0.05) is 52.8 Å². The number of benzene rings is 1. The first kappa shape index (κ1) is 28.2. The van der Waals surface area contributed by atoms with Crippen molar-refractivity contribution in [1.29, 1.82) is 0 Å². The zero-order chi connectivity index (χ0) is 27.1. The minimum absolute atomic E-state index is 0.0126. The molecule has 4 saturated carbocycles. The average Bonchev–Trinajstić information content (AvgIpc) is 3.36. The summed E-state index contributed by atoms with van der Waals surface area (Å²) < 4.78 is 6.02. The van der Waals surface area contributed by atoms with Crippen LogP contribution in [0.5, 0.6) is 0 Å². The van der Waals surface area contributed by atoms with Crippen LogP contribution in [0.25, 0.3) is 0 Å². The molecule has 0 unspecified atom stereocenters. The lowest BCUT2D eigenvalue weighted by molar-refractivity contribution is -0.140. The van der Waals surface area contributed by atoms with Crippen molar-refractivity contribution in [3.05, 3.63) is 35.9 Å². The molecule has 38 heavy (non-hydrogen) atoms. The van der Waals surface area contributed by atoms with E-state index in [2.05, 4.69) is 34.6 Å². The van der Waals surface area contributed by atoms with Crippen LogP contribution in [0.1, 0.15) is 122 Å². The Balaban J connectivity index is 1.18. The molecule has 1 aromatic rings. The predicted molar refractivity (Wildman–Crippen MR) is 155 cm³/mol. The van der Waals surface area contributed by atoms with E-state index in [0.717, 1.165) is 67.6 Å². The van der Waals surface area contributed by atoms with Crippen LogP contribution in [-0.2, 0) is 4.74 Å². The van der Waals surface area contributed by atoms with Gasteiger partial charge in [0, 0.05) is 0 Å². The van der Waals surface area contributed by atoms with Crippen molar-refractivity contribution in [3.63, 3.8) is 0 Å². The molecule has 4 fully saturated rings. The number of hydrogen-bond donors (Lipinski definition) is 1. The highest BCUT2D eigenvalue weighted by molar-refractivity contribution is 5.89. The van der Waals surface area contributed by atoms with E-state index in [1.54, 1.807) is 0 Å². The maximum Gasteiger partial charge on any atom is 0.338 e. The Kier molecular flexibility index (Phi) is 8.35. The fourth-order valence-electron chi connectivity index (χ4n) is 10.00. The van der Waals surface area contributed by atoms with Gasteiger partial charge in [-0.25, -0.2) is 4.79 Å². The summed E-state index contributed by atoms with van der Waals surface area (Å²) in [6.07, 6.45) is 14.7. The van der Waals surface area contributed by atoms with E-state index in [0.29, 0.717) is 22.8 Å². The molecule has 10 atom stereocenters. The molecule has 0 heterocycles. The van der Waals surface area contributed by atoms with Crippen LogP contribution < -0.4 is 0 Å². The summed E-state index contributed by atoms with van der Waals surface area (Å²) >= 11 is 0. The molecule has 0 amide bonds. The Bertz CT molecular complexity index is 942. The van der Waals surface area contributed by atoms with E-state index in [4.69, 9.17) is 4.74 Å². The lowest BCUT2D eigenvalue weighted by Crippen LogP contribution is -2.54. The first-order valence-corrected chi connectivity index (χ1v) is 16.1. The van der Waals surface area contributed by atoms with Crippen molar-refractivity contribution in [2.24, 2.45) is 52.8 Å². The molecular weight excluding hydrogens is 468 g/mol. The maximum absolute atomic E-state index is 12.7. The Morgan fingerprint density at radius 1 is 0.947 bits per heavy atom. The van der Waals surface area contributed by atoms with Gasteiger partial charge in [0.05, 0.1) is 11.2 Å². The average molecular weight is 523 g/mol. The minimum Gasteiger partial charge on any atom is -0.459 e. The lowest BCUT2D eigenvalue weighted by Gasteiger charge is -2.60. The zero-order valence-corrected chi connectivity index (χ0v) is 24.8. The van der Waals surface area contributed by atoms with Gasteiger partial charge in [-0.2, -0.15) is 0 Å². The zero-order valence-electron chi connectivity index (χ0n) is 24.8. The summed E-state index contributed by atoms with van der Waals surface area (Å²) in [5, 5.41) is 11.1. The third-order valence-electron chi connectivity index (χ3n) is 12.5. The van der Waals surface area contributed by atoms with E-state index in [9.17, 15) is 9.90 Å². The van der Waals surface area contributed by atoms with Gasteiger partial charge >= 0.3 is 5.97 Å². The lowest BCUT2D eigenvalue weighted by atomic mass is 9.45. The number of rotatable bonds is 8. The van der Waals surface area contributed by atoms with Crippen LogP contribution >= 0.6 is 0 Å². The van der Waals surface area contributed by atoms with E-state index in [1.807, 2.05) is 30.3 Å². The first-order chi connectivity index (χ1) is 18.1. The topological polar surface area (TPSA) is 46.5 Å². The summed E-state index contributed by atoms with van der Waals surface area (Å²) in [6.45, 7) is 11.6. The quantitative estimate of drug-likeness (QED) is 0.347. The molecule has 4 aliphatic rings. The normalized spacial score (nSPS) is 40.1. The van der Waals surface area contributed by atoms with E-state index in [-0.39, 0.29) is 12.1 Å². The van der Waals surface area contributed by atoms with Gasteiger partial charge in [-0.3, -0.25) is 0 Å². The van der Waals surface area contributed by atoms with E-state index >= 15 is 0 Å². The monoisotopic (exact) mass is 522 g/mol. The smallest absolute Gasteiger partial charge is 0.338 e. The molecule has 3 heteroatoms. The van der Waals surface area contributed by atoms with Crippen molar-refractivity contribution in [3.8, 4) is 0 Å². The van der Waals surface area contributed by atoms with Crippen molar-refractivity contribution in [2.45, 2.75) is 123 Å². The Hall–Kier alpha value is -1.35. The molecule has 0 aliphatic heterocycles. The molecule has 3 nitrogen and oxygen atoms in total. The van der Waals surface area contributed by atoms with Crippen LogP contribution in [0.15, 0.2) is 30.3 Å². The van der Waals surface area contributed by atoms with Gasteiger partial charge in [-0.15, -0.1) is 0 Å². The van der Waals surface area contributed by atoms with E-state index < -0.39 is 5.60 Å². The van der Waals surface area contributed by atoms with Gasteiger partial charge in [0.25, 0.3) is 0 Å². The number of ether oxygens (including phenoxy) is 1. The first-order valence-electron chi connectivity index (χ1n) is 16.1. The molecule has 0 bridgehead atoms. The van der Waals surface area contributed by atoms with Crippen LogP contribution in [0.2, 0.25) is 0 Å². The van der Waals surface area contributed by atoms with Gasteiger partial charge in [0.15, 0.2) is 0 Å². The molecule has 4 aliphatic carbocycles. The second-order valence-corrected chi connectivity index (χ2v) is 14.6. The third-order valence-corrected chi connectivity index (χ3v) is 12.5.